The van der Waals surface area contributed by atoms with Gasteiger partial charge in [0, 0.05) is 0 Å². The summed E-state index contributed by atoms with van der Waals surface area (Å²) in [6, 6.07) is 6.24. The van der Waals surface area contributed by atoms with Gasteiger partial charge in [-0.15, -0.1) is 0 Å². The van der Waals surface area contributed by atoms with E-state index in [-0.39, 0.29) is 24.5 Å². The van der Waals surface area contributed by atoms with Crippen molar-refractivity contribution >= 4 is 17.6 Å². The molecule has 0 bridgehead atoms. The molecule has 0 saturated carbocycles. The fourth-order valence-electron chi connectivity index (χ4n) is 1.46. The van der Waals surface area contributed by atoms with Crippen LogP contribution in [0.1, 0.15) is 23.7 Å². The van der Waals surface area contributed by atoms with E-state index in [4.69, 9.17) is 20.5 Å². The Balaban J connectivity index is 2.97. The van der Waals surface area contributed by atoms with E-state index in [9.17, 15) is 9.59 Å². The topological polar surface area (TPSA) is 114 Å². The average Bonchev–Trinajstić information content (AvgIpc) is 2.51. The Hall–Kier alpha value is -2.59. The quantitative estimate of drug-likeness (QED) is 0.726. The second-order valence-electron chi connectivity index (χ2n) is 4.05. The Morgan fingerprint density at radius 2 is 2.19 bits per heavy atom. The van der Waals surface area contributed by atoms with E-state index in [0.717, 1.165) is 0 Å². The zero-order valence-corrected chi connectivity index (χ0v) is 11.7. The van der Waals surface area contributed by atoms with Gasteiger partial charge in [-0.1, -0.05) is 6.92 Å². The van der Waals surface area contributed by atoms with Gasteiger partial charge in [0.25, 0.3) is 0 Å². The number of rotatable bonds is 7. The van der Waals surface area contributed by atoms with Crippen LogP contribution >= 0.6 is 0 Å². The van der Waals surface area contributed by atoms with Gasteiger partial charge in [-0.05, 0) is 24.6 Å². The predicted molar refractivity (Wildman–Crippen MR) is 75.8 cm³/mol. The van der Waals surface area contributed by atoms with Crippen molar-refractivity contribution in [2.24, 2.45) is 5.73 Å². The number of hydrogen-bond acceptors (Lipinski definition) is 6. The number of nitrogens with one attached hydrogen (secondary N) is 1. The van der Waals surface area contributed by atoms with Crippen molar-refractivity contribution in [3.8, 4) is 11.8 Å². The monoisotopic (exact) mass is 291 g/mol. The first-order valence-electron chi connectivity index (χ1n) is 6.43. The summed E-state index contributed by atoms with van der Waals surface area (Å²) in [5, 5.41) is 11.1. The third kappa shape index (κ3) is 5.12. The lowest BCUT2D eigenvalue weighted by Crippen LogP contribution is -2.22. The fourth-order valence-corrected chi connectivity index (χ4v) is 1.46. The molecule has 7 heteroatoms. The van der Waals surface area contributed by atoms with Gasteiger partial charge in [0.1, 0.15) is 11.8 Å². The van der Waals surface area contributed by atoms with Crippen molar-refractivity contribution in [2.45, 2.75) is 13.3 Å². The van der Waals surface area contributed by atoms with E-state index >= 15 is 0 Å². The number of nitrogens with zero attached hydrogens (tertiary/aromatic N) is 1. The van der Waals surface area contributed by atoms with E-state index in [2.05, 4.69) is 5.32 Å². The largest absolute Gasteiger partial charge is 0.477 e. The molecule has 0 fully saturated rings. The number of hydrogen-bond donors (Lipinski definition) is 2. The van der Waals surface area contributed by atoms with Gasteiger partial charge in [-0.2, -0.15) is 5.26 Å². The molecule has 0 aliphatic carbocycles. The molecular weight excluding hydrogens is 274 g/mol. The number of carbonyl (C=O) groups is 2. The first-order chi connectivity index (χ1) is 10.1. The number of esters is 1. The summed E-state index contributed by atoms with van der Waals surface area (Å²) >= 11 is 0. The highest BCUT2D eigenvalue weighted by molar-refractivity contribution is 5.95. The number of benzene rings is 1. The van der Waals surface area contributed by atoms with Gasteiger partial charge >= 0.3 is 5.97 Å². The van der Waals surface area contributed by atoms with Gasteiger partial charge in [0.05, 0.1) is 24.4 Å². The summed E-state index contributed by atoms with van der Waals surface area (Å²) in [5.74, 6) is -0.683. The van der Waals surface area contributed by atoms with Crippen LogP contribution in [0.5, 0.6) is 5.75 Å². The highest BCUT2D eigenvalue weighted by atomic mass is 16.5. The summed E-state index contributed by atoms with van der Waals surface area (Å²) in [5.41, 5.74) is 5.84. The SMILES string of the molecule is CCCOC(=O)c1ccc(NC(=O)CN)c(OCC#N)c1. The summed E-state index contributed by atoms with van der Waals surface area (Å²) in [7, 11) is 0. The van der Waals surface area contributed by atoms with Crippen LogP contribution in [0.2, 0.25) is 0 Å². The summed E-state index contributed by atoms with van der Waals surface area (Å²) < 4.78 is 10.2. The third-order valence-corrected chi connectivity index (χ3v) is 2.41. The average molecular weight is 291 g/mol. The molecule has 0 saturated heterocycles. The summed E-state index contributed by atoms with van der Waals surface area (Å²) in [6.07, 6.45) is 0.716. The Kier molecular flexibility index (Phi) is 6.71. The first kappa shape index (κ1) is 16.5. The van der Waals surface area contributed by atoms with Crippen LogP contribution in [0.4, 0.5) is 5.69 Å². The van der Waals surface area contributed by atoms with E-state index < -0.39 is 11.9 Å². The van der Waals surface area contributed by atoms with Crippen molar-refractivity contribution in [3.05, 3.63) is 23.8 Å². The molecule has 112 valence electrons. The zero-order valence-electron chi connectivity index (χ0n) is 11.7. The number of nitriles is 1. The molecule has 1 aromatic carbocycles. The molecule has 0 aromatic heterocycles. The number of amides is 1. The molecule has 3 N–H and O–H groups in total. The van der Waals surface area contributed by atoms with Crippen molar-refractivity contribution in [2.75, 3.05) is 25.1 Å². The molecule has 1 amide bonds. The highest BCUT2D eigenvalue weighted by Crippen LogP contribution is 2.26. The maximum absolute atomic E-state index is 11.8. The van der Waals surface area contributed by atoms with E-state index in [1.165, 1.54) is 18.2 Å². The number of ether oxygens (including phenoxy) is 2. The molecule has 1 aromatic rings. The van der Waals surface area contributed by atoms with Crippen LogP contribution in [0.15, 0.2) is 18.2 Å². The molecule has 1 rings (SSSR count). The molecular formula is C14H17N3O4. The normalized spacial score (nSPS) is 9.57. The van der Waals surface area contributed by atoms with Gasteiger partial charge < -0.3 is 20.5 Å². The zero-order chi connectivity index (χ0) is 15.7. The van der Waals surface area contributed by atoms with Crippen molar-refractivity contribution in [3.63, 3.8) is 0 Å². The van der Waals surface area contributed by atoms with Crippen LogP contribution in [0, 0.1) is 11.3 Å². The molecule has 0 unspecified atom stereocenters. The lowest BCUT2D eigenvalue weighted by atomic mass is 10.2. The molecule has 0 spiro atoms. The Morgan fingerprint density at radius 1 is 1.43 bits per heavy atom. The minimum atomic E-state index is -0.490. The molecule has 0 aliphatic heterocycles. The van der Waals surface area contributed by atoms with Crippen molar-refractivity contribution < 1.29 is 19.1 Å². The maximum Gasteiger partial charge on any atom is 0.338 e. The Bertz CT molecular complexity index is 552. The highest BCUT2D eigenvalue weighted by Gasteiger charge is 2.13. The van der Waals surface area contributed by atoms with E-state index in [0.29, 0.717) is 18.7 Å². The minimum absolute atomic E-state index is 0.183. The number of anilines is 1. The van der Waals surface area contributed by atoms with Crippen LogP contribution in [-0.2, 0) is 9.53 Å². The summed E-state index contributed by atoms with van der Waals surface area (Å²) in [4.78, 5) is 23.1. The Labute approximate surface area is 122 Å². The lowest BCUT2D eigenvalue weighted by Gasteiger charge is -2.12. The molecule has 7 nitrogen and oxygen atoms in total. The Morgan fingerprint density at radius 3 is 2.81 bits per heavy atom. The number of carbonyl (C=O) groups excluding carboxylic acids is 2. The molecule has 0 atom stereocenters. The summed E-state index contributed by atoms with van der Waals surface area (Å²) in [6.45, 7) is 1.82. The molecule has 0 aliphatic rings. The second-order valence-corrected chi connectivity index (χ2v) is 4.05. The molecule has 0 radical (unpaired) electrons. The van der Waals surface area contributed by atoms with Gasteiger partial charge in [0.2, 0.25) is 5.91 Å². The maximum atomic E-state index is 11.8. The predicted octanol–water partition coefficient (Wildman–Crippen LogP) is 1.05. The van der Waals surface area contributed by atoms with Crippen molar-refractivity contribution in [1.29, 1.82) is 5.26 Å². The van der Waals surface area contributed by atoms with Crippen LogP contribution in [-0.4, -0.2) is 31.6 Å². The molecule has 21 heavy (non-hydrogen) atoms. The molecule has 0 heterocycles. The lowest BCUT2D eigenvalue weighted by molar-refractivity contribution is -0.114. The van der Waals surface area contributed by atoms with Crippen LogP contribution in [0.25, 0.3) is 0 Å². The van der Waals surface area contributed by atoms with Crippen molar-refractivity contribution in [1.82, 2.24) is 0 Å². The van der Waals surface area contributed by atoms with Crippen LogP contribution in [0.3, 0.4) is 0 Å². The van der Waals surface area contributed by atoms with Gasteiger partial charge in [-0.25, -0.2) is 4.79 Å². The first-order valence-corrected chi connectivity index (χ1v) is 6.43. The van der Waals surface area contributed by atoms with Crippen LogP contribution < -0.4 is 15.8 Å². The number of nitrogens with two attached hydrogens (primary N) is 1. The van der Waals surface area contributed by atoms with E-state index in [1.807, 2.05) is 13.0 Å². The smallest absolute Gasteiger partial charge is 0.338 e. The van der Waals surface area contributed by atoms with Gasteiger partial charge in [0.15, 0.2) is 6.61 Å². The fraction of sp³-hybridized carbons (Fsp3) is 0.357. The standard InChI is InChI=1S/C14H17N3O4/c1-2-6-21-14(19)10-3-4-11(17-13(18)9-16)12(8-10)20-7-5-15/h3-4,8H,2,6-7,9,16H2,1H3,(H,17,18). The second kappa shape index (κ2) is 8.55. The van der Waals surface area contributed by atoms with E-state index in [1.54, 1.807) is 0 Å². The van der Waals surface area contributed by atoms with Gasteiger partial charge in [-0.3, -0.25) is 4.79 Å². The minimum Gasteiger partial charge on any atom is -0.477 e. The third-order valence-electron chi connectivity index (χ3n) is 2.41.